The lowest BCUT2D eigenvalue weighted by Gasteiger charge is -2.15. The van der Waals surface area contributed by atoms with Crippen molar-refractivity contribution in [3.8, 4) is 0 Å². The molecule has 0 N–H and O–H groups in total. The van der Waals surface area contributed by atoms with Crippen molar-refractivity contribution in [3.05, 3.63) is 28.8 Å². The van der Waals surface area contributed by atoms with Crippen LogP contribution in [0.25, 0.3) is 0 Å². The first-order valence-electron chi connectivity index (χ1n) is 3.82. The first-order valence-corrected chi connectivity index (χ1v) is 4.20. The Morgan fingerprint density at radius 3 is 2.36 bits per heavy atom. The summed E-state index contributed by atoms with van der Waals surface area (Å²) in [5, 5.41) is 0.0429. The van der Waals surface area contributed by atoms with Gasteiger partial charge in [0.05, 0.1) is 5.02 Å². The fraction of sp³-hybridized carbons (Fsp3) is 0.125. The minimum Gasteiger partial charge on any atom is -0.445 e. The Hall–Kier alpha value is -0.965. The molecule has 0 heterocycles. The van der Waals surface area contributed by atoms with Gasteiger partial charge in [0.1, 0.15) is 0 Å². The lowest BCUT2D eigenvalue weighted by atomic mass is 9.79. The molecule has 0 atom stereocenters. The molecule has 14 heavy (non-hydrogen) atoms. The zero-order chi connectivity index (χ0) is 10.9. The number of halogens is 4. The van der Waals surface area contributed by atoms with Crippen LogP contribution in [0.15, 0.2) is 18.2 Å². The van der Waals surface area contributed by atoms with Crippen LogP contribution in [0, 0.1) is 0 Å². The molecule has 0 unspecified atom stereocenters. The first-order chi connectivity index (χ1) is 6.32. The van der Waals surface area contributed by atoms with Gasteiger partial charge in [-0.3, -0.25) is 4.79 Å². The SMILES string of the molecule is CC(=O)c1cc([B-](F)(F)F)ccc1Cl. The monoisotopic (exact) mass is 221 g/mol. The second kappa shape index (κ2) is 3.65. The summed E-state index contributed by atoms with van der Waals surface area (Å²) >= 11 is 5.56. The molecule has 6 heteroatoms. The van der Waals surface area contributed by atoms with Crippen LogP contribution in [0.5, 0.6) is 0 Å². The molecule has 1 rings (SSSR count). The van der Waals surface area contributed by atoms with E-state index in [1.807, 2.05) is 0 Å². The molecule has 1 aromatic rings. The highest BCUT2D eigenvalue weighted by Gasteiger charge is 2.26. The fourth-order valence-corrected chi connectivity index (χ4v) is 1.27. The van der Waals surface area contributed by atoms with Gasteiger partial charge < -0.3 is 12.9 Å². The van der Waals surface area contributed by atoms with Gasteiger partial charge in [0.15, 0.2) is 5.78 Å². The Kier molecular flexibility index (Phi) is 2.90. The summed E-state index contributed by atoms with van der Waals surface area (Å²) in [5.74, 6) is -0.475. The summed E-state index contributed by atoms with van der Waals surface area (Å²) in [4.78, 5) is 10.9. The van der Waals surface area contributed by atoms with E-state index in [9.17, 15) is 17.7 Å². The predicted molar refractivity (Wildman–Crippen MR) is 50.2 cm³/mol. The van der Waals surface area contributed by atoms with E-state index in [0.717, 1.165) is 18.2 Å². The van der Waals surface area contributed by atoms with E-state index in [1.165, 1.54) is 6.92 Å². The molecular formula is C8H6BClF3O-. The summed E-state index contributed by atoms with van der Waals surface area (Å²) in [5.41, 5.74) is -0.900. The second-order valence-corrected chi connectivity index (χ2v) is 3.28. The van der Waals surface area contributed by atoms with Crippen LogP contribution in [0.4, 0.5) is 12.9 Å². The van der Waals surface area contributed by atoms with E-state index in [0.29, 0.717) is 0 Å². The molecule has 0 saturated heterocycles. The van der Waals surface area contributed by atoms with Gasteiger partial charge in [0, 0.05) is 5.56 Å². The summed E-state index contributed by atoms with van der Waals surface area (Å²) < 4.78 is 36.8. The molecule has 0 bridgehead atoms. The molecule has 76 valence electrons. The van der Waals surface area contributed by atoms with E-state index in [2.05, 4.69) is 0 Å². The lowest BCUT2D eigenvalue weighted by Crippen LogP contribution is -2.34. The maximum absolute atomic E-state index is 12.3. The largest absolute Gasteiger partial charge is 0.509 e. The van der Waals surface area contributed by atoms with Crippen molar-refractivity contribution in [1.82, 2.24) is 0 Å². The number of carbonyl (C=O) groups is 1. The number of hydrogen-bond acceptors (Lipinski definition) is 1. The third kappa shape index (κ3) is 2.29. The minimum atomic E-state index is -5.08. The van der Waals surface area contributed by atoms with Crippen LogP contribution in [-0.2, 0) is 0 Å². The Balaban J connectivity index is 3.27. The van der Waals surface area contributed by atoms with Crippen LogP contribution in [0.2, 0.25) is 5.02 Å². The standard InChI is InChI=1S/C8H6BClF3O/c1-5(14)7-4-6(9(11,12)13)2-3-8(7)10/h2-4H,1H3/q-1. The van der Waals surface area contributed by atoms with Gasteiger partial charge in [0.2, 0.25) is 0 Å². The molecule has 0 saturated carbocycles. The Morgan fingerprint density at radius 1 is 1.36 bits per heavy atom. The third-order valence-corrected chi connectivity index (χ3v) is 2.08. The molecule has 0 aliphatic rings. The van der Waals surface area contributed by atoms with Crippen molar-refractivity contribution in [2.45, 2.75) is 6.92 Å². The van der Waals surface area contributed by atoms with Crippen molar-refractivity contribution in [3.63, 3.8) is 0 Å². The van der Waals surface area contributed by atoms with Crippen LogP contribution in [0.1, 0.15) is 17.3 Å². The molecule has 0 aliphatic carbocycles. The fourth-order valence-electron chi connectivity index (χ4n) is 1.02. The maximum atomic E-state index is 12.3. The highest BCUT2D eigenvalue weighted by molar-refractivity contribution is 6.73. The van der Waals surface area contributed by atoms with Crippen LogP contribution in [-0.4, -0.2) is 12.8 Å². The number of carbonyl (C=O) groups excluding carboxylic acids is 1. The predicted octanol–water partition coefficient (Wildman–Crippen LogP) is 2.60. The van der Waals surface area contributed by atoms with E-state index in [4.69, 9.17) is 11.6 Å². The molecule has 0 fully saturated rings. The average Bonchev–Trinajstić information content (AvgIpc) is 2.02. The molecule has 0 spiro atoms. The van der Waals surface area contributed by atoms with Crippen molar-refractivity contribution in [2.24, 2.45) is 0 Å². The van der Waals surface area contributed by atoms with Gasteiger partial charge in [0.25, 0.3) is 0 Å². The maximum Gasteiger partial charge on any atom is 0.509 e. The molecule has 0 aliphatic heterocycles. The number of rotatable bonds is 2. The van der Waals surface area contributed by atoms with Gasteiger partial charge in [-0.25, -0.2) is 0 Å². The number of ketones is 1. The number of benzene rings is 1. The summed E-state index contributed by atoms with van der Waals surface area (Å²) in [6, 6.07) is 2.74. The van der Waals surface area contributed by atoms with Gasteiger partial charge in [-0.2, -0.15) is 0 Å². The van der Waals surface area contributed by atoms with Crippen LogP contribution >= 0.6 is 11.6 Å². The summed E-state index contributed by atoms with van der Waals surface area (Å²) in [6.45, 7) is -3.90. The highest BCUT2D eigenvalue weighted by Crippen LogP contribution is 2.17. The van der Waals surface area contributed by atoms with Crippen molar-refractivity contribution >= 4 is 29.8 Å². The topological polar surface area (TPSA) is 17.1 Å². The number of Topliss-reactive ketones (excluding diaryl/α,β-unsaturated/α-hetero) is 1. The molecule has 1 nitrogen and oxygen atoms in total. The Morgan fingerprint density at radius 2 is 1.93 bits per heavy atom. The van der Waals surface area contributed by atoms with Gasteiger partial charge in [-0.1, -0.05) is 23.7 Å². The minimum absolute atomic E-state index is 0.0429. The van der Waals surface area contributed by atoms with Crippen molar-refractivity contribution in [2.75, 3.05) is 0 Å². The first kappa shape index (κ1) is 11.1. The van der Waals surface area contributed by atoms with Crippen LogP contribution in [0.3, 0.4) is 0 Å². The molecule has 0 aromatic heterocycles. The van der Waals surface area contributed by atoms with E-state index in [1.54, 1.807) is 0 Å². The molecule has 0 amide bonds. The van der Waals surface area contributed by atoms with E-state index >= 15 is 0 Å². The van der Waals surface area contributed by atoms with E-state index < -0.39 is 18.2 Å². The Bertz CT molecular complexity index is 375. The van der Waals surface area contributed by atoms with Crippen molar-refractivity contribution in [1.29, 1.82) is 0 Å². The van der Waals surface area contributed by atoms with Crippen LogP contribution < -0.4 is 5.46 Å². The quantitative estimate of drug-likeness (QED) is 0.554. The average molecular weight is 221 g/mol. The van der Waals surface area contributed by atoms with Crippen molar-refractivity contribution < 1.29 is 17.7 Å². The van der Waals surface area contributed by atoms with Gasteiger partial charge in [-0.05, 0) is 13.0 Å². The van der Waals surface area contributed by atoms with Gasteiger partial charge in [-0.15, -0.1) is 5.46 Å². The smallest absolute Gasteiger partial charge is 0.445 e. The third-order valence-electron chi connectivity index (χ3n) is 1.75. The normalized spacial score (nSPS) is 11.5. The zero-order valence-electron chi connectivity index (χ0n) is 7.23. The lowest BCUT2D eigenvalue weighted by molar-refractivity contribution is 0.101. The molecule has 1 aromatic carbocycles. The van der Waals surface area contributed by atoms with Gasteiger partial charge >= 0.3 is 6.98 Å². The Labute approximate surface area is 83.9 Å². The molecular weight excluding hydrogens is 215 g/mol. The molecule has 0 radical (unpaired) electrons. The zero-order valence-corrected chi connectivity index (χ0v) is 7.99. The second-order valence-electron chi connectivity index (χ2n) is 2.87. The van der Waals surface area contributed by atoms with E-state index in [-0.39, 0.29) is 10.6 Å². The highest BCUT2D eigenvalue weighted by atomic mass is 35.5. The summed E-state index contributed by atoms with van der Waals surface area (Å²) in [6.07, 6.45) is 0. The summed E-state index contributed by atoms with van der Waals surface area (Å²) in [7, 11) is 0. The number of hydrogen-bond donors (Lipinski definition) is 0.